The number of terminal acetylenes is 1. The molecule has 0 N–H and O–H groups in total. The summed E-state index contributed by atoms with van der Waals surface area (Å²) in [6.07, 6.45) is 19.9. The fourth-order valence-corrected chi connectivity index (χ4v) is 1.82. The Hall–Kier alpha value is -1.68. The van der Waals surface area contributed by atoms with E-state index >= 15 is 0 Å². The van der Waals surface area contributed by atoms with E-state index in [1.165, 1.54) is 5.57 Å². The molecule has 0 saturated heterocycles. The molecule has 0 fully saturated rings. The molecule has 1 nitrogen and oxygen atoms in total. The van der Waals surface area contributed by atoms with Gasteiger partial charge in [0.05, 0.1) is 5.76 Å². The Morgan fingerprint density at radius 3 is 2.75 bits per heavy atom. The summed E-state index contributed by atoms with van der Waals surface area (Å²) in [5.74, 6) is 3.72. The molecule has 0 aliphatic heterocycles. The van der Waals surface area contributed by atoms with Gasteiger partial charge in [-0.15, -0.1) is 6.42 Å². The average Bonchev–Trinajstić information content (AvgIpc) is 2.38. The molecule has 0 atom stereocenters. The number of allylic oxidation sites excluding steroid dienone is 7. The number of hydrogen-bond acceptors (Lipinski definition) is 1. The topological polar surface area (TPSA) is 9.23 Å². The molecule has 0 amide bonds. The lowest BCUT2D eigenvalue weighted by atomic mass is 10.0. The first-order valence-electron chi connectivity index (χ1n) is 5.72. The first kappa shape index (κ1) is 10.8. The fourth-order valence-electron chi connectivity index (χ4n) is 1.82. The molecule has 2 aliphatic rings. The van der Waals surface area contributed by atoms with Crippen molar-refractivity contribution in [1.29, 1.82) is 0 Å². The lowest BCUT2D eigenvalue weighted by Gasteiger charge is -2.15. The van der Waals surface area contributed by atoms with Gasteiger partial charge >= 0.3 is 0 Å². The number of ether oxygens (including phenoxy) is 1. The third kappa shape index (κ3) is 2.90. The first-order valence-corrected chi connectivity index (χ1v) is 5.72. The second kappa shape index (κ2) is 5.42. The van der Waals surface area contributed by atoms with Crippen molar-refractivity contribution in [2.75, 3.05) is 6.61 Å². The minimum atomic E-state index is 0.718. The van der Waals surface area contributed by atoms with Crippen LogP contribution in [-0.2, 0) is 4.74 Å². The molecule has 16 heavy (non-hydrogen) atoms. The van der Waals surface area contributed by atoms with Crippen LogP contribution < -0.4 is 0 Å². The second-order valence-electron chi connectivity index (χ2n) is 4.05. The molecule has 0 saturated carbocycles. The molecule has 0 aromatic carbocycles. The van der Waals surface area contributed by atoms with Gasteiger partial charge in [0.2, 0.25) is 0 Å². The highest BCUT2D eigenvalue weighted by Crippen LogP contribution is 2.20. The summed E-state index contributed by atoms with van der Waals surface area (Å²) in [4.78, 5) is 0. The largest absolute Gasteiger partial charge is 0.494 e. The van der Waals surface area contributed by atoms with Crippen LogP contribution in [0.15, 0.2) is 47.3 Å². The minimum Gasteiger partial charge on any atom is -0.494 e. The maximum Gasteiger partial charge on any atom is 0.109 e. The second-order valence-corrected chi connectivity index (χ2v) is 4.05. The maximum absolute atomic E-state index is 5.76. The van der Waals surface area contributed by atoms with Gasteiger partial charge in [-0.1, -0.05) is 24.1 Å². The van der Waals surface area contributed by atoms with Gasteiger partial charge in [-0.3, -0.25) is 0 Å². The first-order chi connectivity index (χ1) is 7.88. The van der Waals surface area contributed by atoms with Crippen LogP contribution in [-0.4, -0.2) is 6.61 Å². The van der Waals surface area contributed by atoms with Gasteiger partial charge in [0.25, 0.3) is 0 Å². The van der Waals surface area contributed by atoms with Gasteiger partial charge < -0.3 is 4.74 Å². The molecule has 0 radical (unpaired) electrons. The average molecular weight is 212 g/mol. The predicted octanol–water partition coefficient (Wildman–Crippen LogP) is 3.52. The van der Waals surface area contributed by atoms with E-state index in [1.54, 1.807) is 0 Å². The summed E-state index contributed by atoms with van der Waals surface area (Å²) in [6, 6.07) is 0. The van der Waals surface area contributed by atoms with Crippen molar-refractivity contribution in [2.24, 2.45) is 0 Å². The molecule has 0 unspecified atom stereocenters. The third-order valence-corrected chi connectivity index (χ3v) is 2.84. The highest BCUT2D eigenvalue weighted by atomic mass is 16.5. The highest BCUT2D eigenvalue weighted by Gasteiger charge is 2.07. The molecule has 0 heterocycles. The van der Waals surface area contributed by atoms with E-state index < -0.39 is 0 Å². The van der Waals surface area contributed by atoms with Crippen LogP contribution in [0, 0.1) is 12.3 Å². The summed E-state index contributed by atoms with van der Waals surface area (Å²) in [5.41, 5.74) is 2.43. The molecule has 2 rings (SSSR count). The summed E-state index contributed by atoms with van der Waals surface area (Å²) in [6.45, 7) is 0.718. The Kier molecular flexibility index (Phi) is 3.66. The van der Waals surface area contributed by atoms with Crippen molar-refractivity contribution in [3.8, 4) is 12.3 Å². The zero-order valence-corrected chi connectivity index (χ0v) is 9.41. The van der Waals surface area contributed by atoms with E-state index in [0.29, 0.717) is 0 Å². The molecule has 0 aromatic heterocycles. The van der Waals surface area contributed by atoms with Crippen LogP contribution in [0.25, 0.3) is 0 Å². The summed E-state index contributed by atoms with van der Waals surface area (Å²) in [7, 11) is 0. The summed E-state index contributed by atoms with van der Waals surface area (Å²) < 4.78 is 5.76. The van der Waals surface area contributed by atoms with Crippen molar-refractivity contribution in [2.45, 2.75) is 25.7 Å². The molecule has 0 spiro atoms. The van der Waals surface area contributed by atoms with E-state index in [0.717, 1.165) is 43.6 Å². The van der Waals surface area contributed by atoms with Crippen LogP contribution in [0.4, 0.5) is 0 Å². The third-order valence-electron chi connectivity index (χ3n) is 2.84. The lowest BCUT2D eigenvalue weighted by molar-refractivity contribution is 0.224. The SMILES string of the molecule is C#CC1=CC=C(OCC2=CC=CCC2)CC1. The smallest absolute Gasteiger partial charge is 0.109 e. The van der Waals surface area contributed by atoms with Gasteiger partial charge in [-0.2, -0.15) is 0 Å². The predicted molar refractivity (Wildman–Crippen MR) is 66.6 cm³/mol. The molecule has 0 aromatic rings. The molecular formula is C15H16O. The van der Waals surface area contributed by atoms with Crippen LogP contribution in [0.1, 0.15) is 25.7 Å². The normalized spacial score (nSPS) is 19.3. The van der Waals surface area contributed by atoms with E-state index in [2.05, 4.69) is 24.1 Å². The Bertz CT molecular complexity index is 413. The zero-order chi connectivity index (χ0) is 11.2. The van der Waals surface area contributed by atoms with Crippen molar-refractivity contribution in [1.82, 2.24) is 0 Å². The molecule has 1 heteroatoms. The monoisotopic (exact) mass is 212 g/mol. The lowest BCUT2D eigenvalue weighted by Crippen LogP contribution is -2.02. The number of rotatable bonds is 3. The summed E-state index contributed by atoms with van der Waals surface area (Å²) in [5, 5.41) is 0. The van der Waals surface area contributed by atoms with Crippen LogP contribution in [0.3, 0.4) is 0 Å². The van der Waals surface area contributed by atoms with Gasteiger partial charge in [0.1, 0.15) is 6.61 Å². The molecular weight excluding hydrogens is 196 g/mol. The Morgan fingerprint density at radius 2 is 2.12 bits per heavy atom. The molecule has 2 aliphatic carbocycles. The Labute approximate surface area is 97.2 Å². The van der Waals surface area contributed by atoms with Crippen LogP contribution in [0.5, 0.6) is 0 Å². The van der Waals surface area contributed by atoms with Crippen molar-refractivity contribution in [3.63, 3.8) is 0 Å². The fraction of sp³-hybridized carbons (Fsp3) is 0.333. The van der Waals surface area contributed by atoms with Gasteiger partial charge in [0.15, 0.2) is 0 Å². The van der Waals surface area contributed by atoms with E-state index in [9.17, 15) is 0 Å². The molecule has 82 valence electrons. The van der Waals surface area contributed by atoms with Crippen molar-refractivity contribution >= 4 is 0 Å². The van der Waals surface area contributed by atoms with Crippen LogP contribution in [0.2, 0.25) is 0 Å². The van der Waals surface area contributed by atoms with E-state index in [1.807, 2.05) is 12.2 Å². The van der Waals surface area contributed by atoms with Gasteiger partial charge in [-0.25, -0.2) is 0 Å². The molecule has 0 bridgehead atoms. The number of hydrogen-bond donors (Lipinski definition) is 0. The standard InChI is InChI=1S/C15H16O/c1-2-13-8-10-15(11-9-13)16-12-14-6-4-3-5-7-14/h1,3-4,6,8,10H,5,7,9,11-12H2. The minimum absolute atomic E-state index is 0.718. The van der Waals surface area contributed by atoms with Gasteiger partial charge in [-0.05, 0) is 37.0 Å². The van der Waals surface area contributed by atoms with Gasteiger partial charge in [0, 0.05) is 12.0 Å². The Morgan fingerprint density at radius 1 is 1.19 bits per heavy atom. The summed E-state index contributed by atoms with van der Waals surface area (Å²) >= 11 is 0. The Balaban J connectivity index is 1.85. The van der Waals surface area contributed by atoms with E-state index in [-0.39, 0.29) is 0 Å². The van der Waals surface area contributed by atoms with Crippen molar-refractivity contribution in [3.05, 3.63) is 47.3 Å². The quantitative estimate of drug-likeness (QED) is 0.650. The zero-order valence-electron chi connectivity index (χ0n) is 9.41. The van der Waals surface area contributed by atoms with Crippen LogP contribution >= 0.6 is 0 Å². The highest BCUT2D eigenvalue weighted by molar-refractivity contribution is 5.33. The van der Waals surface area contributed by atoms with Crippen molar-refractivity contribution < 1.29 is 4.74 Å². The maximum atomic E-state index is 5.76. The van der Waals surface area contributed by atoms with E-state index in [4.69, 9.17) is 11.2 Å².